The van der Waals surface area contributed by atoms with Gasteiger partial charge in [0, 0.05) is 17.6 Å². The Hall–Kier alpha value is -3.22. The molecule has 1 amide bonds. The van der Waals surface area contributed by atoms with E-state index >= 15 is 0 Å². The van der Waals surface area contributed by atoms with Gasteiger partial charge in [0.1, 0.15) is 0 Å². The van der Waals surface area contributed by atoms with Crippen LogP contribution in [0.3, 0.4) is 0 Å². The summed E-state index contributed by atoms with van der Waals surface area (Å²) in [5, 5.41) is 6.07. The van der Waals surface area contributed by atoms with Gasteiger partial charge < -0.3 is 25.8 Å². The highest BCUT2D eigenvalue weighted by Crippen LogP contribution is 2.27. The van der Waals surface area contributed by atoms with Gasteiger partial charge in [0.15, 0.2) is 17.5 Å². The lowest BCUT2D eigenvalue weighted by Crippen LogP contribution is -2.40. The number of rotatable bonds is 8. The van der Waals surface area contributed by atoms with Gasteiger partial charge in [-0.05, 0) is 62.6 Å². The smallest absolute Gasteiger partial charge is 0.251 e. The molecule has 30 heavy (non-hydrogen) atoms. The molecular formula is C23H32N4O3. The first-order valence-electron chi connectivity index (χ1n) is 9.88. The number of amides is 1. The zero-order valence-corrected chi connectivity index (χ0v) is 18.4. The van der Waals surface area contributed by atoms with Crippen molar-refractivity contribution in [3.8, 4) is 11.5 Å². The Kier molecular flexibility index (Phi) is 8.09. The maximum Gasteiger partial charge on any atom is 0.251 e. The fraction of sp³-hybridized carbons (Fsp3) is 0.391. The Morgan fingerprint density at radius 3 is 2.43 bits per heavy atom. The van der Waals surface area contributed by atoms with E-state index in [1.54, 1.807) is 20.3 Å². The molecule has 7 nitrogen and oxygen atoms in total. The minimum absolute atomic E-state index is 0.102. The van der Waals surface area contributed by atoms with Crippen molar-refractivity contribution in [1.29, 1.82) is 0 Å². The van der Waals surface area contributed by atoms with Crippen molar-refractivity contribution in [3.63, 3.8) is 0 Å². The summed E-state index contributed by atoms with van der Waals surface area (Å²) in [6.45, 7) is 6.89. The zero-order valence-electron chi connectivity index (χ0n) is 18.4. The first-order valence-corrected chi connectivity index (χ1v) is 9.88. The first kappa shape index (κ1) is 23.1. The van der Waals surface area contributed by atoms with Crippen LogP contribution in [-0.4, -0.2) is 38.2 Å². The fourth-order valence-electron chi connectivity index (χ4n) is 2.83. The number of hydrogen-bond donors (Lipinski definition) is 3. The molecule has 0 fully saturated rings. The topological polar surface area (TPSA) is 98.0 Å². The Morgan fingerprint density at radius 1 is 1.03 bits per heavy atom. The second-order valence-corrected chi connectivity index (χ2v) is 7.97. The summed E-state index contributed by atoms with van der Waals surface area (Å²) in [6.07, 6.45) is 0.763. The lowest BCUT2D eigenvalue weighted by atomic mass is 10.1. The summed E-state index contributed by atoms with van der Waals surface area (Å²) >= 11 is 0. The number of methoxy groups -OCH3 is 2. The van der Waals surface area contributed by atoms with Gasteiger partial charge in [0.05, 0.1) is 20.8 Å². The average molecular weight is 413 g/mol. The van der Waals surface area contributed by atoms with Gasteiger partial charge in [0.2, 0.25) is 0 Å². The van der Waals surface area contributed by atoms with Crippen LogP contribution in [0.5, 0.6) is 11.5 Å². The summed E-state index contributed by atoms with van der Waals surface area (Å²) in [4.78, 5) is 16.7. The van der Waals surface area contributed by atoms with Crippen molar-refractivity contribution in [2.45, 2.75) is 39.3 Å². The number of nitrogens with zero attached hydrogens (tertiary/aromatic N) is 1. The number of aliphatic imine (C=N–C) groups is 1. The molecular weight excluding hydrogens is 380 g/mol. The lowest BCUT2D eigenvalue weighted by molar-refractivity contribution is 0.0919. The summed E-state index contributed by atoms with van der Waals surface area (Å²) in [5.74, 6) is 1.66. The van der Waals surface area contributed by atoms with Crippen LogP contribution >= 0.6 is 0 Å². The Labute approximate surface area is 178 Å². The Balaban J connectivity index is 1.88. The molecule has 0 unspecified atom stereocenters. The van der Waals surface area contributed by atoms with Crippen molar-refractivity contribution < 1.29 is 14.3 Å². The highest BCUT2D eigenvalue weighted by molar-refractivity contribution is 5.94. The van der Waals surface area contributed by atoms with Crippen molar-refractivity contribution in [2.75, 3.05) is 20.8 Å². The molecule has 4 N–H and O–H groups in total. The molecule has 7 heteroatoms. The van der Waals surface area contributed by atoms with Crippen molar-refractivity contribution in [1.82, 2.24) is 10.6 Å². The fourth-order valence-corrected chi connectivity index (χ4v) is 2.83. The van der Waals surface area contributed by atoms with E-state index in [1.165, 1.54) is 0 Å². The van der Waals surface area contributed by atoms with Crippen LogP contribution in [0.1, 0.15) is 42.3 Å². The molecule has 162 valence electrons. The van der Waals surface area contributed by atoms with E-state index in [9.17, 15) is 4.79 Å². The molecule has 2 aromatic rings. The number of hydrogen-bond acceptors (Lipinski definition) is 4. The summed E-state index contributed by atoms with van der Waals surface area (Å²) < 4.78 is 10.6. The minimum atomic E-state index is -0.284. The van der Waals surface area contributed by atoms with E-state index in [0.717, 1.165) is 17.5 Å². The van der Waals surface area contributed by atoms with Gasteiger partial charge in [-0.1, -0.05) is 18.2 Å². The Bertz CT molecular complexity index is 888. The monoisotopic (exact) mass is 412 g/mol. The van der Waals surface area contributed by atoms with E-state index in [-0.39, 0.29) is 11.4 Å². The van der Waals surface area contributed by atoms with Crippen LogP contribution in [0.2, 0.25) is 0 Å². The van der Waals surface area contributed by atoms with E-state index in [0.29, 0.717) is 36.1 Å². The molecule has 0 saturated heterocycles. The van der Waals surface area contributed by atoms with Crippen molar-refractivity contribution in [2.24, 2.45) is 10.7 Å². The van der Waals surface area contributed by atoms with E-state index < -0.39 is 0 Å². The number of benzene rings is 2. The highest BCUT2D eigenvalue weighted by atomic mass is 16.5. The van der Waals surface area contributed by atoms with Crippen LogP contribution in [0.15, 0.2) is 47.5 Å². The standard InChI is InChI=1S/C23H32N4O3/c1-23(2,3)27-21(28)18-8-6-7-17(13-18)15-26-22(24)25-12-11-16-9-10-19(29-4)20(14-16)30-5/h6-10,13-14H,11-12,15H2,1-5H3,(H,27,28)(H3,24,25,26). The predicted octanol–water partition coefficient (Wildman–Crippen LogP) is 2.88. The van der Waals surface area contributed by atoms with Crippen LogP contribution in [0.25, 0.3) is 0 Å². The number of nitrogens with one attached hydrogen (secondary N) is 2. The van der Waals surface area contributed by atoms with Gasteiger partial charge in [-0.15, -0.1) is 0 Å². The van der Waals surface area contributed by atoms with E-state index in [4.69, 9.17) is 15.2 Å². The highest BCUT2D eigenvalue weighted by Gasteiger charge is 2.15. The van der Waals surface area contributed by atoms with Crippen LogP contribution in [0, 0.1) is 0 Å². The average Bonchev–Trinajstić information content (AvgIpc) is 2.71. The van der Waals surface area contributed by atoms with Gasteiger partial charge >= 0.3 is 0 Å². The van der Waals surface area contributed by atoms with Gasteiger partial charge in [-0.3, -0.25) is 4.79 Å². The van der Waals surface area contributed by atoms with Gasteiger partial charge in [-0.25, -0.2) is 4.99 Å². The maximum atomic E-state index is 12.3. The quantitative estimate of drug-likeness (QED) is 0.457. The predicted molar refractivity (Wildman–Crippen MR) is 120 cm³/mol. The van der Waals surface area contributed by atoms with E-state index in [1.807, 2.05) is 57.2 Å². The minimum Gasteiger partial charge on any atom is -0.493 e. The van der Waals surface area contributed by atoms with Crippen LogP contribution < -0.4 is 25.8 Å². The molecule has 0 aliphatic rings. The van der Waals surface area contributed by atoms with Crippen LogP contribution in [0.4, 0.5) is 0 Å². The molecule has 0 atom stereocenters. The first-order chi connectivity index (χ1) is 14.2. The number of carbonyl (C=O) groups excluding carboxylic acids is 1. The second-order valence-electron chi connectivity index (χ2n) is 7.97. The molecule has 2 aromatic carbocycles. The zero-order chi connectivity index (χ0) is 22.1. The van der Waals surface area contributed by atoms with E-state index in [2.05, 4.69) is 15.6 Å². The lowest BCUT2D eigenvalue weighted by Gasteiger charge is -2.20. The Morgan fingerprint density at radius 2 is 1.77 bits per heavy atom. The molecule has 0 radical (unpaired) electrons. The summed E-state index contributed by atoms with van der Waals surface area (Å²) in [6, 6.07) is 13.2. The van der Waals surface area contributed by atoms with Gasteiger partial charge in [-0.2, -0.15) is 0 Å². The maximum absolute atomic E-state index is 12.3. The van der Waals surface area contributed by atoms with Gasteiger partial charge in [0.25, 0.3) is 5.91 Å². The van der Waals surface area contributed by atoms with Crippen molar-refractivity contribution >= 4 is 11.9 Å². The molecule has 0 aromatic heterocycles. The molecule has 0 aliphatic carbocycles. The number of carbonyl (C=O) groups is 1. The SMILES string of the molecule is COc1ccc(CCNC(N)=NCc2cccc(C(=O)NC(C)(C)C)c2)cc1OC. The van der Waals surface area contributed by atoms with Crippen molar-refractivity contribution in [3.05, 3.63) is 59.2 Å². The third kappa shape index (κ3) is 7.31. The number of guanidine groups is 1. The number of ether oxygens (including phenoxy) is 2. The molecule has 0 heterocycles. The molecule has 0 spiro atoms. The summed E-state index contributed by atoms with van der Waals surface area (Å²) in [7, 11) is 3.23. The molecule has 0 bridgehead atoms. The third-order valence-corrected chi connectivity index (χ3v) is 4.28. The largest absolute Gasteiger partial charge is 0.493 e. The summed E-state index contributed by atoms with van der Waals surface area (Å²) in [5.41, 5.74) is 8.33. The third-order valence-electron chi connectivity index (χ3n) is 4.28. The normalized spacial score (nSPS) is 11.7. The van der Waals surface area contributed by atoms with Crippen LogP contribution in [-0.2, 0) is 13.0 Å². The molecule has 0 aliphatic heterocycles. The molecule has 0 saturated carbocycles. The second kappa shape index (κ2) is 10.5. The molecule has 2 rings (SSSR count). The number of nitrogens with two attached hydrogens (primary N) is 1.